The number of aryl methyl sites for hydroxylation is 1. The zero-order chi connectivity index (χ0) is 12.3. The van der Waals surface area contributed by atoms with Gasteiger partial charge in [-0.25, -0.2) is 4.98 Å². The minimum absolute atomic E-state index is 0.757. The molecule has 0 unspecified atom stereocenters. The molecule has 2 aromatic rings. The van der Waals surface area contributed by atoms with E-state index in [2.05, 4.69) is 51.6 Å². The largest absolute Gasteiger partial charge is 0.326 e. The van der Waals surface area contributed by atoms with Crippen LogP contribution in [-0.2, 0) is 6.54 Å². The zero-order valence-corrected chi connectivity index (χ0v) is 11.8. The molecule has 0 radical (unpaired) electrons. The van der Waals surface area contributed by atoms with Gasteiger partial charge in [0.2, 0.25) is 5.95 Å². The topological polar surface area (TPSA) is 29.9 Å². The third-order valence-corrected chi connectivity index (χ3v) is 2.97. The average molecular weight is 339 g/mol. The number of halogens is 1. The summed E-state index contributed by atoms with van der Waals surface area (Å²) in [5.74, 6) is 0.851. The molecule has 2 rings (SSSR count). The fourth-order valence-electron chi connectivity index (χ4n) is 1.62. The zero-order valence-electron chi connectivity index (χ0n) is 9.65. The average Bonchev–Trinajstić information content (AvgIpc) is 2.59. The molecule has 0 atom stereocenters. The molecular formula is C13H14IN3. The van der Waals surface area contributed by atoms with Crippen molar-refractivity contribution in [3.63, 3.8) is 0 Å². The van der Waals surface area contributed by atoms with E-state index in [-0.39, 0.29) is 0 Å². The van der Waals surface area contributed by atoms with Crippen molar-refractivity contribution < 1.29 is 0 Å². The SMILES string of the molecule is C=CCn1cc(C)nc1Nc1cccc(I)c1. The van der Waals surface area contributed by atoms with Crippen molar-refractivity contribution in [2.75, 3.05) is 5.32 Å². The van der Waals surface area contributed by atoms with Crippen molar-refractivity contribution in [3.05, 3.63) is 52.4 Å². The molecule has 0 saturated carbocycles. The number of allylic oxidation sites excluding steroid dienone is 1. The highest BCUT2D eigenvalue weighted by Gasteiger charge is 2.04. The van der Waals surface area contributed by atoms with Crippen molar-refractivity contribution >= 4 is 34.2 Å². The van der Waals surface area contributed by atoms with Crippen LogP contribution >= 0.6 is 22.6 Å². The molecule has 0 aliphatic heterocycles. The Morgan fingerprint density at radius 1 is 1.53 bits per heavy atom. The number of hydrogen-bond donors (Lipinski definition) is 1. The molecule has 3 nitrogen and oxygen atoms in total. The van der Waals surface area contributed by atoms with E-state index in [9.17, 15) is 0 Å². The van der Waals surface area contributed by atoms with Gasteiger partial charge in [-0.3, -0.25) is 0 Å². The van der Waals surface area contributed by atoms with E-state index in [0.29, 0.717) is 0 Å². The van der Waals surface area contributed by atoms with Crippen LogP contribution in [0.15, 0.2) is 43.1 Å². The highest BCUT2D eigenvalue weighted by atomic mass is 127. The Bertz CT molecular complexity index is 531. The number of hydrogen-bond acceptors (Lipinski definition) is 2. The number of rotatable bonds is 4. The second kappa shape index (κ2) is 5.35. The number of nitrogens with zero attached hydrogens (tertiary/aromatic N) is 2. The predicted molar refractivity (Wildman–Crippen MR) is 79.6 cm³/mol. The van der Waals surface area contributed by atoms with Gasteiger partial charge in [0.05, 0.1) is 5.69 Å². The van der Waals surface area contributed by atoms with E-state index in [0.717, 1.165) is 23.9 Å². The van der Waals surface area contributed by atoms with E-state index < -0.39 is 0 Å². The summed E-state index contributed by atoms with van der Waals surface area (Å²) in [6.45, 7) is 6.49. The molecule has 0 amide bonds. The summed E-state index contributed by atoms with van der Waals surface area (Å²) in [7, 11) is 0. The number of aromatic nitrogens is 2. The van der Waals surface area contributed by atoms with Crippen LogP contribution in [0.1, 0.15) is 5.69 Å². The number of anilines is 2. The summed E-state index contributed by atoms with van der Waals surface area (Å²) in [5, 5.41) is 3.32. The number of imidazole rings is 1. The molecule has 0 aliphatic rings. The van der Waals surface area contributed by atoms with Gasteiger partial charge < -0.3 is 9.88 Å². The lowest BCUT2D eigenvalue weighted by molar-refractivity contribution is 0.832. The van der Waals surface area contributed by atoms with Crippen LogP contribution in [0, 0.1) is 10.5 Å². The molecule has 88 valence electrons. The molecule has 0 spiro atoms. The van der Waals surface area contributed by atoms with Crippen molar-refractivity contribution in [1.82, 2.24) is 9.55 Å². The monoisotopic (exact) mass is 339 g/mol. The first-order valence-corrected chi connectivity index (χ1v) is 6.44. The molecule has 4 heteroatoms. The molecule has 17 heavy (non-hydrogen) atoms. The van der Waals surface area contributed by atoms with Crippen LogP contribution in [-0.4, -0.2) is 9.55 Å². The highest BCUT2D eigenvalue weighted by molar-refractivity contribution is 14.1. The summed E-state index contributed by atoms with van der Waals surface area (Å²) in [6.07, 6.45) is 3.87. The number of nitrogens with one attached hydrogen (secondary N) is 1. The predicted octanol–water partition coefficient (Wildman–Crippen LogP) is 3.73. The summed E-state index contributed by atoms with van der Waals surface area (Å²) < 4.78 is 3.24. The maximum atomic E-state index is 4.46. The first kappa shape index (κ1) is 12.2. The van der Waals surface area contributed by atoms with E-state index in [1.54, 1.807) is 0 Å². The maximum Gasteiger partial charge on any atom is 0.207 e. The van der Waals surface area contributed by atoms with Gasteiger partial charge >= 0.3 is 0 Å². The molecule has 0 aliphatic carbocycles. The molecular weight excluding hydrogens is 325 g/mol. The lowest BCUT2D eigenvalue weighted by Gasteiger charge is -2.08. The number of benzene rings is 1. The van der Waals surface area contributed by atoms with Gasteiger partial charge in [-0.15, -0.1) is 6.58 Å². The third kappa shape index (κ3) is 3.09. The van der Waals surface area contributed by atoms with Gasteiger partial charge in [-0.05, 0) is 47.7 Å². The van der Waals surface area contributed by atoms with E-state index in [1.165, 1.54) is 3.57 Å². The Labute approximate surface area is 115 Å². The summed E-state index contributed by atoms with van der Waals surface area (Å²) in [5.41, 5.74) is 2.05. The van der Waals surface area contributed by atoms with Crippen LogP contribution in [0.5, 0.6) is 0 Å². The first-order chi connectivity index (χ1) is 8.19. The van der Waals surface area contributed by atoms with Crippen LogP contribution < -0.4 is 5.32 Å². The lowest BCUT2D eigenvalue weighted by atomic mass is 10.3. The Kier molecular flexibility index (Phi) is 3.83. The Hall–Kier alpha value is -1.30. The molecule has 0 bridgehead atoms. The van der Waals surface area contributed by atoms with Crippen LogP contribution in [0.25, 0.3) is 0 Å². The van der Waals surface area contributed by atoms with Crippen molar-refractivity contribution in [2.45, 2.75) is 13.5 Å². The van der Waals surface area contributed by atoms with Gasteiger partial charge in [0, 0.05) is 22.0 Å². The minimum Gasteiger partial charge on any atom is -0.326 e. The molecule has 1 N–H and O–H groups in total. The fourth-order valence-corrected chi connectivity index (χ4v) is 2.16. The van der Waals surface area contributed by atoms with Crippen molar-refractivity contribution in [3.8, 4) is 0 Å². The Morgan fingerprint density at radius 2 is 2.35 bits per heavy atom. The second-order valence-corrected chi connectivity index (χ2v) is 5.03. The van der Waals surface area contributed by atoms with Crippen LogP contribution in [0.2, 0.25) is 0 Å². The van der Waals surface area contributed by atoms with Crippen LogP contribution in [0.3, 0.4) is 0 Å². The van der Waals surface area contributed by atoms with E-state index in [1.807, 2.05) is 35.9 Å². The van der Waals surface area contributed by atoms with E-state index in [4.69, 9.17) is 0 Å². The summed E-state index contributed by atoms with van der Waals surface area (Å²) >= 11 is 2.30. The van der Waals surface area contributed by atoms with Gasteiger partial charge in [-0.2, -0.15) is 0 Å². The third-order valence-electron chi connectivity index (χ3n) is 2.30. The van der Waals surface area contributed by atoms with Gasteiger partial charge in [0.25, 0.3) is 0 Å². The summed E-state index contributed by atoms with van der Waals surface area (Å²) in [4.78, 5) is 4.46. The van der Waals surface area contributed by atoms with Crippen LogP contribution in [0.4, 0.5) is 11.6 Å². The Balaban J connectivity index is 2.26. The molecule has 1 aromatic carbocycles. The fraction of sp³-hybridized carbons (Fsp3) is 0.154. The van der Waals surface area contributed by atoms with Gasteiger partial charge in [-0.1, -0.05) is 12.1 Å². The quantitative estimate of drug-likeness (QED) is 0.680. The Morgan fingerprint density at radius 3 is 3.06 bits per heavy atom. The van der Waals surface area contributed by atoms with Crippen molar-refractivity contribution in [2.24, 2.45) is 0 Å². The smallest absolute Gasteiger partial charge is 0.207 e. The molecule has 0 saturated heterocycles. The highest BCUT2D eigenvalue weighted by Crippen LogP contribution is 2.18. The molecule has 0 fully saturated rings. The standard InChI is InChI=1S/C13H14IN3/c1-3-7-17-9-10(2)15-13(17)16-12-6-4-5-11(14)8-12/h3-6,8-9H,1,7H2,2H3,(H,15,16). The lowest BCUT2D eigenvalue weighted by Crippen LogP contribution is -2.01. The molecule has 1 heterocycles. The van der Waals surface area contributed by atoms with Gasteiger partial charge in [0.1, 0.15) is 0 Å². The second-order valence-electron chi connectivity index (χ2n) is 3.78. The molecule has 1 aromatic heterocycles. The first-order valence-electron chi connectivity index (χ1n) is 5.36. The van der Waals surface area contributed by atoms with Crippen molar-refractivity contribution in [1.29, 1.82) is 0 Å². The van der Waals surface area contributed by atoms with Gasteiger partial charge in [0.15, 0.2) is 0 Å². The maximum absolute atomic E-state index is 4.46. The van der Waals surface area contributed by atoms with E-state index >= 15 is 0 Å². The minimum atomic E-state index is 0.757. The summed E-state index contributed by atoms with van der Waals surface area (Å²) in [6, 6.07) is 8.21. The normalized spacial score (nSPS) is 10.2.